The average Bonchev–Trinajstić information content (AvgIpc) is 3.30. The summed E-state index contributed by atoms with van der Waals surface area (Å²) in [4.78, 5) is 20.8. The fourth-order valence-electron chi connectivity index (χ4n) is 4.61. The van der Waals surface area contributed by atoms with Crippen LogP contribution < -0.4 is 4.90 Å². The Kier molecular flexibility index (Phi) is 6.92. The van der Waals surface area contributed by atoms with Crippen molar-refractivity contribution in [1.29, 1.82) is 0 Å². The Balaban J connectivity index is 1.47. The molecule has 36 heavy (non-hydrogen) atoms. The highest BCUT2D eigenvalue weighted by Crippen LogP contribution is 2.34. The Morgan fingerprint density at radius 2 is 1.69 bits per heavy atom. The number of nitrogens with zero attached hydrogens (tertiary/aromatic N) is 3. The molecule has 0 bridgehead atoms. The maximum absolute atomic E-state index is 14.0. The normalized spacial score (nSPS) is 16.8. The van der Waals surface area contributed by atoms with Gasteiger partial charge in [-0.2, -0.15) is 4.31 Å². The summed E-state index contributed by atoms with van der Waals surface area (Å²) >= 11 is 1.51. The maximum atomic E-state index is 14.0. The minimum absolute atomic E-state index is 0.0840. The third kappa shape index (κ3) is 4.93. The molecular formula is C28H29N3O3S2. The van der Waals surface area contributed by atoms with Crippen LogP contribution in [-0.2, 0) is 21.4 Å². The van der Waals surface area contributed by atoms with E-state index in [0.717, 1.165) is 21.3 Å². The first-order valence-corrected chi connectivity index (χ1v) is 14.4. The molecule has 0 aliphatic carbocycles. The van der Waals surface area contributed by atoms with Gasteiger partial charge in [0.25, 0.3) is 0 Å². The van der Waals surface area contributed by atoms with E-state index in [1.54, 1.807) is 35.2 Å². The molecule has 0 N–H and O–H groups in total. The molecule has 6 nitrogen and oxygen atoms in total. The van der Waals surface area contributed by atoms with Gasteiger partial charge in [0.1, 0.15) is 0 Å². The van der Waals surface area contributed by atoms with E-state index in [1.165, 1.54) is 21.2 Å². The number of amides is 1. The summed E-state index contributed by atoms with van der Waals surface area (Å²) in [6.45, 7) is 5.11. The van der Waals surface area contributed by atoms with Crippen LogP contribution in [0.2, 0.25) is 0 Å². The second-order valence-corrected chi connectivity index (χ2v) is 12.3. The van der Waals surface area contributed by atoms with Crippen molar-refractivity contribution < 1.29 is 13.2 Å². The van der Waals surface area contributed by atoms with E-state index in [-0.39, 0.29) is 17.3 Å². The number of carbonyl (C=O) groups is 1. The largest absolute Gasteiger partial charge is 0.283 e. The van der Waals surface area contributed by atoms with Crippen molar-refractivity contribution >= 4 is 42.6 Å². The van der Waals surface area contributed by atoms with Crippen LogP contribution in [-0.4, -0.2) is 36.7 Å². The Bertz CT molecular complexity index is 1450. The number of hydrogen-bond acceptors (Lipinski definition) is 5. The molecule has 0 saturated carbocycles. The first-order valence-electron chi connectivity index (χ1n) is 12.1. The minimum Gasteiger partial charge on any atom is -0.283 e. The number of benzene rings is 3. The monoisotopic (exact) mass is 519 g/mol. The Labute approximate surface area is 216 Å². The molecule has 8 heteroatoms. The molecule has 1 atom stereocenters. The highest BCUT2D eigenvalue weighted by molar-refractivity contribution is 7.89. The zero-order chi connectivity index (χ0) is 25.3. The van der Waals surface area contributed by atoms with Gasteiger partial charge in [0.2, 0.25) is 15.9 Å². The van der Waals surface area contributed by atoms with Crippen LogP contribution in [0, 0.1) is 19.8 Å². The highest BCUT2D eigenvalue weighted by Gasteiger charge is 2.36. The second kappa shape index (κ2) is 10.1. The first kappa shape index (κ1) is 24.6. The summed E-state index contributed by atoms with van der Waals surface area (Å²) < 4.78 is 29.0. The summed E-state index contributed by atoms with van der Waals surface area (Å²) in [6, 6.07) is 22.5. The van der Waals surface area contributed by atoms with Crippen LogP contribution in [0.3, 0.4) is 0 Å². The molecule has 3 aromatic carbocycles. The summed E-state index contributed by atoms with van der Waals surface area (Å²) in [7, 11) is -3.66. The predicted molar refractivity (Wildman–Crippen MR) is 145 cm³/mol. The van der Waals surface area contributed by atoms with Gasteiger partial charge in [-0.15, -0.1) is 0 Å². The molecule has 0 radical (unpaired) electrons. The van der Waals surface area contributed by atoms with Crippen molar-refractivity contribution in [2.75, 3.05) is 18.0 Å². The number of rotatable bonds is 6. The molecule has 1 fully saturated rings. The van der Waals surface area contributed by atoms with Crippen molar-refractivity contribution in [3.05, 3.63) is 89.5 Å². The van der Waals surface area contributed by atoms with Gasteiger partial charge in [-0.05, 0) is 67.6 Å². The number of hydrogen-bond donors (Lipinski definition) is 0. The van der Waals surface area contributed by atoms with Gasteiger partial charge in [-0.3, -0.25) is 9.69 Å². The first-order chi connectivity index (χ1) is 17.3. The third-order valence-electron chi connectivity index (χ3n) is 6.79. The van der Waals surface area contributed by atoms with Crippen LogP contribution >= 0.6 is 11.3 Å². The van der Waals surface area contributed by atoms with Crippen molar-refractivity contribution in [3.8, 4) is 0 Å². The summed E-state index contributed by atoms with van der Waals surface area (Å²) in [5.41, 5.74) is 4.23. The molecular weight excluding hydrogens is 490 g/mol. The van der Waals surface area contributed by atoms with Crippen LogP contribution in [0.4, 0.5) is 5.13 Å². The summed E-state index contributed by atoms with van der Waals surface area (Å²) in [5, 5.41) is 0.645. The van der Waals surface area contributed by atoms with E-state index in [4.69, 9.17) is 4.98 Å². The summed E-state index contributed by atoms with van der Waals surface area (Å²) in [5.74, 6) is -0.518. The Morgan fingerprint density at radius 1 is 1.03 bits per heavy atom. The molecule has 186 valence electrons. The molecule has 1 unspecified atom stereocenters. The third-order valence-corrected chi connectivity index (χ3v) is 9.71. The fourth-order valence-corrected chi connectivity index (χ4v) is 7.21. The average molecular weight is 520 g/mol. The molecule has 1 aromatic heterocycles. The smallest absolute Gasteiger partial charge is 0.243 e. The lowest BCUT2D eigenvalue weighted by atomic mass is 9.98. The van der Waals surface area contributed by atoms with Crippen molar-refractivity contribution in [3.63, 3.8) is 0 Å². The van der Waals surface area contributed by atoms with E-state index < -0.39 is 15.9 Å². The zero-order valence-electron chi connectivity index (χ0n) is 20.4. The quantitative estimate of drug-likeness (QED) is 0.335. The van der Waals surface area contributed by atoms with E-state index in [2.05, 4.69) is 26.0 Å². The van der Waals surface area contributed by atoms with Gasteiger partial charge >= 0.3 is 0 Å². The number of anilines is 1. The van der Waals surface area contributed by atoms with Crippen LogP contribution in [0.25, 0.3) is 10.2 Å². The molecule has 1 saturated heterocycles. The number of thiazole rings is 1. The summed E-state index contributed by atoms with van der Waals surface area (Å²) in [6.07, 6.45) is 1.29. The minimum atomic E-state index is -3.66. The van der Waals surface area contributed by atoms with Gasteiger partial charge in [-0.1, -0.05) is 59.9 Å². The Morgan fingerprint density at radius 3 is 2.42 bits per heavy atom. The number of piperidine rings is 1. The molecule has 4 aromatic rings. The number of sulfonamides is 1. The molecule has 1 aliphatic rings. The molecule has 5 rings (SSSR count). The van der Waals surface area contributed by atoms with E-state index in [0.29, 0.717) is 31.1 Å². The second-order valence-electron chi connectivity index (χ2n) is 9.33. The number of aromatic nitrogens is 1. The van der Waals surface area contributed by atoms with E-state index in [9.17, 15) is 13.2 Å². The predicted octanol–water partition coefficient (Wildman–Crippen LogP) is 5.55. The fraction of sp³-hybridized carbons (Fsp3) is 0.286. The standard InChI is InChI=1S/C28H29N3O3S2/c1-20-16-25-26(17-21(20)2)35-28(29-25)31(18-22-10-5-3-6-11-22)27(32)23-12-9-15-30(19-23)36(33,34)24-13-7-4-8-14-24/h3-8,10-11,13-14,16-17,23H,9,12,15,18-19H2,1-2H3. The lowest BCUT2D eigenvalue weighted by molar-refractivity contribution is -0.123. The van der Waals surface area contributed by atoms with Crippen molar-refractivity contribution in [2.24, 2.45) is 5.92 Å². The lowest BCUT2D eigenvalue weighted by Gasteiger charge is -2.33. The number of carbonyl (C=O) groups excluding carboxylic acids is 1. The Hall–Kier alpha value is -3.07. The highest BCUT2D eigenvalue weighted by atomic mass is 32.2. The van der Waals surface area contributed by atoms with E-state index >= 15 is 0 Å². The van der Waals surface area contributed by atoms with E-state index in [1.807, 2.05) is 30.3 Å². The SMILES string of the molecule is Cc1cc2nc(N(Cc3ccccc3)C(=O)C3CCCN(S(=O)(=O)c4ccccc4)C3)sc2cc1C. The lowest BCUT2D eigenvalue weighted by Crippen LogP contribution is -2.46. The topological polar surface area (TPSA) is 70.6 Å². The number of fused-ring (bicyclic) bond motifs is 1. The van der Waals surface area contributed by atoms with Gasteiger partial charge in [-0.25, -0.2) is 13.4 Å². The molecule has 1 amide bonds. The van der Waals surface area contributed by atoms with Gasteiger partial charge < -0.3 is 0 Å². The number of aryl methyl sites for hydroxylation is 2. The zero-order valence-corrected chi connectivity index (χ0v) is 22.1. The van der Waals surface area contributed by atoms with Crippen LogP contribution in [0.15, 0.2) is 77.7 Å². The van der Waals surface area contributed by atoms with Crippen molar-refractivity contribution in [1.82, 2.24) is 9.29 Å². The molecule has 1 aliphatic heterocycles. The van der Waals surface area contributed by atoms with Crippen LogP contribution in [0.5, 0.6) is 0 Å². The molecule has 0 spiro atoms. The van der Waals surface area contributed by atoms with Crippen molar-refractivity contribution in [2.45, 2.75) is 38.1 Å². The van der Waals surface area contributed by atoms with Gasteiger partial charge in [0, 0.05) is 13.1 Å². The van der Waals surface area contributed by atoms with Gasteiger partial charge in [0.05, 0.1) is 27.6 Å². The maximum Gasteiger partial charge on any atom is 0.243 e. The van der Waals surface area contributed by atoms with Gasteiger partial charge in [0.15, 0.2) is 5.13 Å². The van der Waals surface area contributed by atoms with Crippen LogP contribution in [0.1, 0.15) is 29.5 Å². The molecule has 2 heterocycles.